The van der Waals surface area contributed by atoms with Crippen molar-refractivity contribution in [2.75, 3.05) is 23.8 Å². The second kappa shape index (κ2) is 7.43. The SMILES string of the molecule is CCN(C(=O)CSc1n[nH]c(C2CCCC2)n1)C1CCS(=O)(=O)C1. The number of nitrogens with one attached hydrogen (secondary N) is 1. The lowest BCUT2D eigenvalue weighted by Crippen LogP contribution is -2.41. The minimum Gasteiger partial charge on any atom is -0.338 e. The van der Waals surface area contributed by atoms with Crippen LogP contribution in [-0.4, -0.2) is 64.3 Å². The number of aromatic nitrogens is 3. The van der Waals surface area contributed by atoms with Crippen molar-refractivity contribution in [3.63, 3.8) is 0 Å². The fourth-order valence-corrected chi connectivity index (χ4v) is 6.00. The quantitative estimate of drug-likeness (QED) is 0.762. The van der Waals surface area contributed by atoms with Gasteiger partial charge in [0.05, 0.1) is 17.3 Å². The number of amides is 1. The van der Waals surface area contributed by atoms with Gasteiger partial charge in [0, 0.05) is 18.5 Å². The molecule has 1 aromatic heterocycles. The van der Waals surface area contributed by atoms with Gasteiger partial charge in [-0.25, -0.2) is 13.4 Å². The molecule has 1 aliphatic heterocycles. The van der Waals surface area contributed by atoms with Gasteiger partial charge < -0.3 is 4.90 Å². The number of carbonyl (C=O) groups is 1. The Kier molecular flexibility index (Phi) is 5.49. The Hall–Kier alpha value is -1.09. The van der Waals surface area contributed by atoms with Gasteiger partial charge in [0.1, 0.15) is 5.82 Å². The Morgan fingerprint density at radius 2 is 2.08 bits per heavy atom. The maximum atomic E-state index is 12.5. The molecule has 1 saturated heterocycles. The van der Waals surface area contributed by atoms with E-state index in [9.17, 15) is 13.2 Å². The number of aromatic amines is 1. The van der Waals surface area contributed by atoms with Crippen LogP contribution in [0.3, 0.4) is 0 Å². The topological polar surface area (TPSA) is 96.0 Å². The number of sulfone groups is 1. The van der Waals surface area contributed by atoms with Gasteiger partial charge in [-0.05, 0) is 26.2 Å². The Morgan fingerprint density at radius 3 is 2.71 bits per heavy atom. The lowest BCUT2D eigenvalue weighted by Gasteiger charge is -2.26. The molecule has 0 bridgehead atoms. The molecule has 134 valence electrons. The molecule has 1 amide bonds. The monoisotopic (exact) mass is 372 g/mol. The number of hydrogen-bond donors (Lipinski definition) is 1. The Labute approximate surface area is 146 Å². The number of hydrogen-bond acceptors (Lipinski definition) is 6. The van der Waals surface area contributed by atoms with Crippen molar-refractivity contribution in [3.8, 4) is 0 Å². The highest BCUT2D eigenvalue weighted by Gasteiger charge is 2.33. The molecule has 0 radical (unpaired) electrons. The first kappa shape index (κ1) is 17.7. The summed E-state index contributed by atoms with van der Waals surface area (Å²) in [5, 5.41) is 7.79. The smallest absolute Gasteiger partial charge is 0.233 e. The maximum Gasteiger partial charge on any atom is 0.233 e. The molecule has 2 heterocycles. The van der Waals surface area contributed by atoms with Crippen molar-refractivity contribution in [1.29, 1.82) is 0 Å². The van der Waals surface area contributed by atoms with Crippen molar-refractivity contribution in [2.45, 2.75) is 56.1 Å². The minimum absolute atomic E-state index is 0.0446. The fourth-order valence-electron chi connectivity index (χ4n) is 3.57. The molecule has 1 saturated carbocycles. The predicted octanol–water partition coefficient (Wildman–Crippen LogP) is 1.59. The highest BCUT2D eigenvalue weighted by Crippen LogP contribution is 2.32. The highest BCUT2D eigenvalue weighted by molar-refractivity contribution is 7.99. The van der Waals surface area contributed by atoms with Crippen LogP contribution < -0.4 is 0 Å². The minimum atomic E-state index is -2.99. The van der Waals surface area contributed by atoms with Gasteiger partial charge in [-0.1, -0.05) is 24.6 Å². The lowest BCUT2D eigenvalue weighted by atomic mass is 10.1. The van der Waals surface area contributed by atoms with Gasteiger partial charge in [0.25, 0.3) is 0 Å². The Morgan fingerprint density at radius 1 is 1.33 bits per heavy atom. The Bertz CT molecular complexity index is 683. The molecule has 1 atom stereocenters. The molecule has 1 N–H and O–H groups in total. The van der Waals surface area contributed by atoms with Crippen molar-refractivity contribution in [2.24, 2.45) is 0 Å². The van der Waals surface area contributed by atoms with Gasteiger partial charge >= 0.3 is 0 Å². The number of nitrogens with zero attached hydrogens (tertiary/aromatic N) is 3. The summed E-state index contributed by atoms with van der Waals surface area (Å²) in [5.41, 5.74) is 0. The number of rotatable bonds is 6. The zero-order valence-electron chi connectivity index (χ0n) is 13.9. The zero-order valence-corrected chi connectivity index (χ0v) is 15.5. The molecule has 9 heteroatoms. The standard InChI is InChI=1S/C15H24N4O3S2/c1-2-19(12-7-8-24(21,22)10-12)13(20)9-23-15-16-14(17-18-15)11-5-3-4-6-11/h11-12H,2-10H2,1H3,(H,16,17,18). The summed E-state index contributed by atoms with van der Waals surface area (Å²) in [7, 11) is -2.99. The number of carbonyl (C=O) groups excluding carboxylic acids is 1. The molecule has 3 rings (SSSR count). The van der Waals surface area contributed by atoms with Crippen molar-refractivity contribution in [1.82, 2.24) is 20.1 Å². The van der Waals surface area contributed by atoms with Crippen LogP contribution in [0, 0.1) is 0 Å². The van der Waals surface area contributed by atoms with E-state index >= 15 is 0 Å². The average molecular weight is 373 g/mol. The van der Waals surface area contributed by atoms with E-state index in [4.69, 9.17) is 0 Å². The molecule has 1 aromatic rings. The molecular weight excluding hydrogens is 348 g/mol. The third-order valence-electron chi connectivity index (χ3n) is 4.86. The van der Waals surface area contributed by atoms with Crippen LogP contribution in [0.25, 0.3) is 0 Å². The van der Waals surface area contributed by atoms with Gasteiger partial charge in [-0.3, -0.25) is 9.89 Å². The van der Waals surface area contributed by atoms with Gasteiger partial charge in [0.2, 0.25) is 11.1 Å². The average Bonchev–Trinajstić information content (AvgIpc) is 3.26. The van der Waals surface area contributed by atoms with Crippen LogP contribution in [0.4, 0.5) is 0 Å². The molecule has 7 nitrogen and oxygen atoms in total. The van der Waals surface area contributed by atoms with E-state index in [1.165, 1.54) is 24.6 Å². The fraction of sp³-hybridized carbons (Fsp3) is 0.800. The van der Waals surface area contributed by atoms with Gasteiger partial charge in [-0.15, -0.1) is 5.10 Å². The molecule has 24 heavy (non-hydrogen) atoms. The summed E-state index contributed by atoms with van der Waals surface area (Å²) in [6.45, 7) is 2.42. The molecule has 0 aromatic carbocycles. The van der Waals surface area contributed by atoms with Crippen LogP contribution in [0.5, 0.6) is 0 Å². The van der Waals surface area contributed by atoms with E-state index in [1.54, 1.807) is 4.90 Å². The van der Waals surface area contributed by atoms with E-state index < -0.39 is 9.84 Å². The largest absolute Gasteiger partial charge is 0.338 e. The molecule has 1 aliphatic carbocycles. The van der Waals surface area contributed by atoms with Crippen LogP contribution in [0.1, 0.15) is 50.8 Å². The lowest BCUT2D eigenvalue weighted by molar-refractivity contribution is -0.129. The van der Waals surface area contributed by atoms with Crippen molar-refractivity contribution in [3.05, 3.63) is 5.82 Å². The second-order valence-electron chi connectivity index (χ2n) is 6.51. The highest BCUT2D eigenvalue weighted by atomic mass is 32.2. The van der Waals surface area contributed by atoms with Crippen LogP contribution in [-0.2, 0) is 14.6 Å². The van der Waals surface area contributed by atoms with Crippen LogP contribution in [0.15, 0.2) is 5.16 Å². The van der Waals surface area contributed by atoms with E-state index in [0.29, 0.717) is 24.0 Å². The summed E-state index contributed by atoms with van der Waals surface area (Å²) in [5.74, 6) is 1.86. The van der Waals surface area contributed by atoms with Crippen LogP contribution in [0.2, 0.25) is 0 Å². The Balaban J connectivity index is 1.54. The predicted molar refractivity (Wildman–Crippen MR) is 92.8 cm³/mol. The van der Waals surface area contributed by atoms with Gasteiger partial charge in [0.15, 0.2) is 9.84 Å². The van der Waals surface area contributed by atoms with Crippen molar-refractivity contribution < 1.29 is 13.2 Å². The van der Waals surface area contributed by atoms with Crippen LogP contribution >= 0.6 is 11.8 Å². The first-order valence-corrected chi connectivity index (χ1v) is 11.3. The van der Waals surface area contributed by atoms with E-state index in [0.717, 1.165) is 18.7 Å². The summed E-state index contributed by atoms with van der Waals surface area (Å²) in [6, 6.07) is -0.186. The molecule has 0 spiro atoms. The molecule has 1 unspecified atom stereocenters. The van der Waals surface area contributed by atoms with Gasteiger partial charge in [-0.2, -0.15) is 0 Å². The molecule has 2 fully saturated rings. The summed E-state index contributed by atoms with van der Waals surface area (Å²) in [6.07, 6.45) is 5.32. The van der Waals surface area contributed by atoms with E-state index in [2.05, 4.69) is 15.2 Å². The van der Waals surface area contributed by atoms with E-state index in [1.807, 2.05) is 6.92 Å². The first-order valence-electron chi connectivity index (χ1n) is 8.53. The van der Waals surface area contributed by atoms with Crippen molar-refractivity contribution >= 4 is 27.5 Å². The normalized spacial score (nSPS) is 23.6. The first-order chi connectivity index (χ1) is 11.5. The summed E-state index contributed by atoms with van der Waals surface area (Å²) < 4.78 is 23.2. The summed E-state index contributed by atoms with van der Waals surface area (Å²) >= 11 is 1.32. The number of H-pyrrole nitrogens is 1. The van der Waals surface area contributed by atoms with E-state index in [-0.39, 0.29) is 29.2 Å². The third-order valence-corrected chi connectivity index (χ3v) is 7.44. The molecular formula is C15H24N4O3S2. The number of thioether (sulfide) groups is 1. The maximum absolute atomic E-state index is 12.5. The second-order valence-corrected chi connectivity index (χ2v) is 9.68. The third kappa shape index (κ3) is 4.11. The zero-order chi connectivity index (χ0) is 17.2. The summed E-state index contributed by atoms with van der Waals surface area (Å²) in [4.78, 5) is 18.6. The molecule has 2 aliphatic rings.